The number of ether oxygens (including phenoxy) is 1. The summed E-state index contributed by atoms with van der Waals surface area (Å²) in [6, 6.07) is 10.2. The smallest absolute Gasteiger partial charge is 0.305 e. The Morgan fingerprint density at radius 3 is 2.58 bits per heavy atom. The van der Waals surface area contributed by atoms with Crippen LogP contribution in [0.3, 0.4) is 0 Å². The van der Waals surface area contributed by atoms with Crippen molar-refractivity contribution in [3.05, 3.63) is 41.6 Å². The van der Waals surface area contributed by atoms with Crippen molar-refractivity contribution in [3.8, 4) is 11.3 Å². The molecule has 0 fully saturated rings. The zero-order valence-corrected chi connectivity index (χ0v) is 15.4. The summed E-state index contributed by atoms with van der Waals surface area (Å²) in [5.41, 5.74) is 4.57. The van der Waals surface area contributed by atoms with Gasteiger partial charge in [-0.15, -0.1) is 0 Å². The van der Waals surface area contributed by atoms with Gasteiger partial charge >= 0.3 is 5.97 Å². The van der Waals surface area contributed by atoms with Crippen LogP contribution in [0, 0.1) is 0 Å². The lowest BCUT2D eigenvalue weighted by molar-refractivity contribution is -0.140. The van der Waals surface area contributed by atoms with Crippen molar-refractivity contribution >= 4 is 11.9 Å². The standard InChI is InChI=1S/C20H25N3O3/c1-22-17-12-14-23(18(24)9-6-10-19(25)26-2)13-11-16(17)20(21-22)15-7-4-3-5-8-15/h3-5,7-8H,6,9-14H2,1-2H3. The van der Waals surface area contributed by atoms with Crippen molar-refractivity contribution in [2.75, 3.05) is 20.2 Å². The maximum Gasteiger partial charge on any atom is 0.305 e. The molecule has 138 valence electrons. The second kappa shape index (κ2) is 8.17. The van der Waals surface area contributed by atoms with Gasteiger partial charge in [0, 0.05) is 56.2 Å². The number of amides is 1. The molecule has 0 unspecified atom stereocenters. The second-order valence-corrected chi connectivity index (χ2v) is 6.57. The van der Waals surface area contributed by atoms with Crippen LogP contribution in [-0.2, 0) is 34.2 Å². The lowest BCUT2D eigenvalue weighted by Crippen LogP contribution is -2.33. The third-order valence-electron chi connectivity index (χ3n) is 4.92. The summed E-state index contributed by atoms with van der Waals surface area (Å²) < 4.78 is 6.57. The monoisotopic (exact) mass is 355 g/mol. The lowest BCUT2D eigenvalue weighted by Gasteiger charge is -2.20. The number of benzene rings is 1. The molecule has 1 aliphatic heterocycles. The third-order valence-corrected chi connectivity index (χ3v) is 4.92. The average Bonchev–Trinajstić information content (AvgIpc) is 2.83. The molecule has 0 saturated heterocycles. The minimum absolute atomic E-state index is 0.107. The Morgan fingerprint density at radius 1 is 1.12 bits per heavy atom. The molecule has 0 atom stereocenters. The van der Waals surface area contributed by atoms with Gasteiger partial charge in [-0.3, -0.25) is 14.3 Å². The van der Waals surface area contributed by atoms with Crippen LogP contribution in [0.25, 0.3) is 11.3 Å². The highest BCUT2D eigenvalue weighted by Gasteiger charge is 2.24. The highest BCUT2D eigenvalue weighted by molar-refractivity contribution is 5.77. The van der Waals surface area contributed by atoms with E-state index < -0.39 is 0 Å². The van der Waals surface area contributed by atoms with Crippen LogP contribution in [-0.4, -0.2) is 46.8 Å². The molecule has 1 aliphatic rings. The van der Waals surface area contributed by atoms with Gasteiger partial charge in [-0.25, -0.2) is 0 Å². The Kier molecular flexibility index (Phi) is 5.71. The first kappa shape index (κ1) is 18.2. The number of aryl methyl sites for hydroxylation is 1. The van der Waals surface area contributed by atoms with Gasteiger partial charge in [0.2, 0.25) is 5.91 Å². The molecule has 0 aliphatic carbocycles. The van der Waals surface area contributed by atoms with Crippen LogP contribution in [0.1, 0.15) is 30.5 Å². The van der Waals surface area contributed by atoms with Crippen LogP contribution >= 0.6 is 0 Å². The largest absolute Gasteiger partial charge is 0.469 e. The van der Waals surface area contributed by atoms with E-state index in [4.69, 9.17) is 5.10 Å². The van der Waals surface area contributed by atoms with Gasteiger partial charge in [0.05, 0.1) is 12.8 Å². The molecule has 2 aromatic rings. The molecule has 1 aromatic heterocycles. The molecule has 26 heavy (non-hydrogen) atoms. The van der Waals surface area contributed by atoms with Crippen LogP contribution < -0.4 is 0 Å². The summed E-state index contributed by atoms with van der Waals surface area (Å²) in [4.78, 5) is 25.6. The van der Waals surface area contributed by atoms with Gasteiger partial charge in [0.25, 0.3) is 0 Å². The maximum atomic E-state index is 12.5. The Labute approximate surface area is 153 Å². The number of rotatable bonds is 5. The summed E-state index contributed by atoms with van der Waals surface area (Å²) in [6.07, 6.45) is 2.81. The van der Waals surface area contributed by atoms with Crippen molar-refractivity contribution in [3.63, 3.8) is 0 Å². The summed E-state index contributed by atoms with van der Waals surface area (Å²) in [7, 11) is 3.34. The van der Waals surface area contributed by atoms with Gasteiger partial charge in [-0.05, 0) is 12.8 Å². The average molecular weight is 355 g/mol. The number of fused-ring (bicyclic) bond motifs is 1. The molecule has 6 heteroatoms. The van der Waals surface area contributed by atoms with Crippen LogP contribution in [0.15, 0.2) is 30.3 Å². The summed E-state index contributed by atoms with van der Waals surface area (Å²) in [5.74, 6) is -0.157. The summed E-state index contributed by atoms with van der Waals surface area (Å²) >= 11 is 0. The summed E-state index contributed by atoms with van der Waals surface area (Å²) in [5, 5.41) is 4.71. The zero-order valence-electron chi connectivity index (χ0n) is 15.4. The van der Waals surface area contributed by atoms with Gasteiger partial charge in [-0.2, -0.15) is 5.10 Å². The predicted molar refractivity (Wildman–Crippen MR) is 98.5 cm³/mol. The number of hydrogen-bond donors (Lipinski definition) is 0. The maximum absolute atomic E-state index is 12.5. The van der Waals surface area contributed by atoms with E-state index in [1.807, 2.05) is 34.8 Å². The molecule has 6 nitrogen and oxygen atoms in total. The van der Waals surface area contributed by atoms with Gasteiger partial charge in [0.1, 0.15) is 0 Å². The first-order valence-corrected chi connectivity index (χ1v) is 9.05. The van der Waals surface area contributed by atoms with E-state index in [1.54, 1.807) is 0 Å². The highest BCUT2D eigenvalue weighted by Crippen LogP contribution is 2.28. The normalized spacial score (nSPS) is 13.8. The number of nitrogens with zero attached hydrogens (tertiary/aromatic N) is 3. The van der Waals surface area contributed by atoms with Gasteiger partial charge in [0.15, 0.2) is 0 Å². The highest BCUT2D eigenvalue weighted by atomic mass is 16.5. The number of methoxy groups -OCH3 is 1. The molecule has 0 radical (unpaired) electrons. The number of esters is 1. The Morgan fingerprint density at radius 2 is 1.85 bits per heavy atom. The fourth-order valence-electron chi connectivity index (χ4n) is 3.50. The predicted octanol–water partition coefficient (Wildman–Crippen LogP) is 2.36. The number of aromatic nitrogens is 2. The Balaban J connectivity index is 1.68. The first-order valence-electron chi connectivity index (χ1n) is 9.05. The van der Waals surface area contributed by atoms with Crippen LogP contribution in [0.2, 0.25) is 0 Å². The number of carbonyl (C=O) groups is 2. The van der Waals surface area contributed by atoms with Crippen molar-refractivity contribution in [2.45, 2.75) is 32.1 Å². The van der Waals surface area contributed by atoms with Crippen molar-refractivity contribution < 1.29 is 14.3 Å². The molecule has 1 amide bonds. The van der Waals surface area contributed by atoms with Crippen molar-refractivity contribution in [2.24, 2.45) is 7.05 Å². The van der Waals surface area contributed by atoms with E-state index in [9.17, 15) is 9.59 Å². The lowest BCUT2D eigenvalue weighted by atomic mass is 10.0. The van der Waals surface area contributed by atoms with Crippen LogP contribution in [0.4, 0.5) is 0 Å². The molecule has 0 N–H and O–H groups in total. The first-order chi connectivity index (χ1) is 12.6. The molecule has 3 rings (SSSR count). The second-order valence-electron chi connectivity index (χ2n) is 6.57. The summed E-state index contributed by atoms with van der Waals surface area (Å²) in [6.45, 7) is 1.38. The number of carbonyl (C=O) groups excluding carboxylic acids is 2. The van der Waals surface area contributed by atoms with E-state index in [-0.39, 0.29) is 11.9 Å². The molecular weight excluding hydrogens is 330 g/mol. The Bertz CT molecular complexity index is 783. The zero-order chi connectivity index (χ0) is 18.5. The minimum atomic E-state index is -0.264. The number of hydrogen-bond acceptors (Lipinski definition) is 4. The van der Waals surface area contributed by atoms with E-state index in [1.165, 1.54) is 18.4 Å². The molecular formula is C20H25N3O3. The SMILES string of the molecule is COC(=O)CCCC(=O)N1CCc2c(-c3ccccc3)nn(C)c2CC1. The van der Waals surface area contributed by atoms with Crippen molar-refractivity contribution in [1.29, 1.82) is 0 Å². The van der Waals surface area contributed by atoms with E-state index in [2.05, 4.69) is 16.9 Å². The molecule has 0 bridgehead atoms. The quantitative estimate of drug-likeness (QED) is 0.773. The topological polar surface area (TPSA) is 64.4 Å². The van der Waals surface area contributed by atoms with Gasteiger partial charge < -0.3 is 9.64 Å². The Hall–Kier alpha value is -2.63. The fraction of sp³-hybridized carbons (Fsp3) is 0.450. The van der Waals surface area contributed by atoms with E-state index in [0.29, 0.717) is 32.4 Å². The minimum Gasteiger partial charge on any atom is -0.469 e. The fourth-order valence-corrected chi connectivity index (χ4v) is 3.50. The molecule has 0 saturated carbocycles. The van der Waals surface area contributed by atoms with Crippen molar-refractivity contribution in [1.82, 2.24) is 14.7 Å². The molecule has 2 heterocycles. The molecule has 1 aromatic carbocycles. The van der Waals surface area contributed by atoms with E-state index >= 15 is 0 Å². The van der Waals surface area contributed by atoms with E-state index in [0.717, 1.165) is 24.1 Å². The third kappa shape index (κ3) is 3.95. The van der Waals surface area contributed by atoms with Gasteiger partial charge in [-0.1, -0.05) is 30.3 Å². The van der Waals surface area contributed by atoms with Crippen LogP contribution in [0.5, 0.6) is 0 Å². The molecule has 0 spiro atoms.